The van der Waals surface area contributed by atoms with Crippen LogP contribution in [0.25, 0.3) is 0 Å². The summed E-state index contributed by atoms with van der Waals surface area (Å²) in [6, 6.07) is 0. The van der Waals surface area contributed by atoms with E-state index in [1.165, 1.54) is 0 Å². The molecule has 0 radical (unpaired) electrons. The van der Waals surface area contributed by atoms with Crippen molar-refractivity contribution < 1.29 is 55.9 Å². The fraction of sp³-hybridized carbons (Fsp3) is 1.00. The molecule has 0 aliphatic carbocycles. The van der Waals surface area contributed by atoms with Gasteiger partial charge in [-0.15, -0.1) is 9.79 Å². The first-order valence-corrected chi connectivity index (χ1v) is 9.94. The van der Waals surface area contributed by atoms with Crippen LogP contribution in [0.4, 0.5) is 0 Å². The fourth-order valence-corrected chi connectivity index (χ4v) is 5.98. The topological polar surface area (TPSA) is 186 Å². The predicted octanol–water partition coefficient (Wildman–Crippen LogP) is 1.08. The zero-order chi connectivity index (χ0) is 16.0. The summed E-state index contributed by atoms with van der Waals surface area (Å²) in [7, 11) is -17.2. The van der Waals surface area contributed by atoms with E-state index in [0.717, 1.165) is 0 Å². The van der Waals surface area contributed by atoms with Gasteiger partial charge in [0.2, 0.25) is 0 Å². The van der Waals surface area contributed by atoms with E-state index in [0.29, 0.717) is 13.8 Å². The van der Waals surface area contributed by atoms with Crippen molar-refractivity contribution in [3.8, 4) is 0 Å². The van der Waals surface area contributed by atoms with Gasteiger partial charge in [-0.2, -0.15) is 0 Å². The molecule has 1 aliphatic rings. The molecule has 0 aromatic carbocycles. The highest BCUT2D eigenvalue weighted by molar-refractivity contribution is 7.61. The summed E-state index contributed by atoms with van der Waals surface area (Å²) in [6.45, 7) is 1.22. The van der Waals surface area contributed by atoms with Crippen molar-refractivity contribution in [3.63, 3.8) is 0 Å². The molecule has 0 spiro atoms. The normalized spacial score (nSPS) is 46.9. The van der Waals surface area contributed by atoms with Gasteiger partial charge in [0, 0.05) is 23.0 Å². The van der Waals surface area contributed by atoms with Crippen LogP contribution in [-0.4, -0.2) is 30.6 Å². The Morgan fingerprint density at radius 1 is 0.900 bits per heavy atom. The Labute approximate surface area is 113 Å². The van der Waals surface area contributed by atoms with Gasteiger partial charge in [-0.1, -0.05) is 9.05 Å². The molecule has 0 aromatic heterocycles. The maximum Gasteiger partial charge on any atom is 0.698 e. The highest BCUT2D eigenvalue weighted by Crippen LogP contribution is 2.77. The maximum atomic E-state index is 11.9. The molecule has 16 heteroatoms. The lowest BCUT2D eigenvalue weighted by molar-refractivity contribution is -0.139. The van der Waals surface area contributed by atoms with Gasteiger partial charge in [-0.05, 0) is 0 Å². The molecule has 20 heavy (non-hydrogen) atoms. The van der Waals surface area contributed by atoms with Gasteiger partial charge < -0.3 is 9.79 Å². The molecule has 6 atom stereocenters. The first kappa shape index (κ1) is 18.4. The lowest BCUT2D eigenvalue weighted by Gasteiger charge is -2.40. The lowest BCUT2D eigenvalue weighted by Crippen LogP contribution is -2.44. The van der Waals surface area contributed by atoms with E-state index < -0.39 is 42.8 Å². The highest BCUT2D eigenvalue weighted by Gasteiger charge is 2.72. The van der Waals surface area contributed by atoms with Crippen LogP contribution in [0.1, 0.15) is 13.8 Å². The summed E-state index contributed by atoms with van der Waals surface area (Å²) >= 11 is 0. The van der Waals surface area contributed by atoms with Crippen molar-refractivity contribution in [3.05, 3.63) is 0 Å². The molecule has 1 heterocycles. The van der Waals surface area contributed by atoms with Gasteiger partial charge in [0.1, 0.15) is 0 Å². The number of hydrogen-bond acceptors (Lipinski definition) is 8. The van der Waals surface area contributed by atoms with Crippen LogP contribution in [0, 0.1) is 0 Å². The minimum Gasteiger partial charge on any atom is -0.320 e. The van der Waals surface area contributed by atoms with Crippen molar-refractivity contribution in [2.45, 2.75) is 24.9 Å². The van der Waals surface area contributed by atoms with Crippen LogP contribution in [-0.2, 0) is 36.4 Å². The molecule has 1 aliphatic heterocycles. The monoisotopic (exact) mass is 374 g/mol. The summed E-state index contributed by atoms with van der Waals surface area (Å²) in [6.07, 6.45) is 0. The summed E-state index contributed by atoms with van der Waals surface area (Å²) in [4.78, 5) is 36.3. The molecule has 0 aromatic rings. The van der Waals surface area contributed by atoms with Gasteiger partial charge in [0.25, 0.3) is 0 Å². The van der Waals surface area contributed by atoms with Crippen LogP contribution in [0.2, 0.25) is 0 Å². The molecule has 1 saturated heterocycles. The first-order valence-electron chi connectivity index (χ1n) is 4.52. The van der Waals surface area contributed by atoms with Crippen molar-refractivity contribution >= 4 is 31.7 Å². The molecule has 12 nitrogen and oxygen atoms in total. The van der Waals surface area contributed by atoms with Crippen molar-refractivity contribution in [2.75, 3.05) is 0 Å². The second kappa shape index (κ2) is 5.52. The van der Waals surface area contributed by atoms with Crippen LogP contribution in [0.5, 0.6) is 0 Å². The second-order valence-corrected chi connectivity index (χ2v) is 9.07. The van der Waals surface area contributed by atoms with E-state index in [4.69, 9.17) is 9.79 Å². The Morgan fingerprint density at radius 3 is 1.35 bits per heavy atom. The average Bonchev–Trinajstić information content (AvgIpc) is 2.09. The van der Waals surface area contributed by atoms with E-state index in [1.54, 1.807) is 0 Å². The van der Waals surface area contributed by atoms with E-state index in [2.05, 4.69) is 18.1 Å². The van der Waals surface area contributed by atoms with Crippen molar-refractivity contribution in [1.29, 1.82) is 0 Å². The summed E-state index contributed by atoms with van der Waals surface area (Å²) < 4.78 is 61.8. The second-order valence-electron chi connectivity index (χ2n) is 3.68. The zero-order valence-electron chi connectivity index (χ0n) is 9.84. The zero-order valence-corrected chi connectivity index (χ0v) is 13.4. The van der Waals surface area contributed by atoms with Gasteiger partial charge >= 0.3 is 42.8 Å². The van der Waals surface area contributed by atoms with E-state index >= 15 is 0 Å². The van der Waals surface area contributed by atoms with E-state index in [1.807, 2.05) is 0 Å². The third kappa shape index (κ3) is 3.39. The van der Waals surface area contributed by atoms with Crippen molar-refractivity contribution in [2.24, 2.45) is 0 Å². The van der Waals surface area contributed by atoms with Crippen LogP contribution in [0.3, 0.4) is 0 Å². The molecule has 0 amide bonds. The Balaban J connectivity index is 3.28. The summed E-state index contributed by atoms with van der Waals surface area (Å²) in [5, 5.41) is 0. The summed E-state index contributed by atoms with van der Waals surface area (Å²) in [5.41, 5.74) is -5.88. The Morgan fingerprint density at radius 2 is 1.15 bits per heavy atom. The fourth-order valence-electron chi connectivity index (χ4n) is 1.15. The van der Waals surface area contributed by atoms with Crippen molar-refractivity contribution in [1.82, 2.24) is 0 Å². The SMILES string of the molecule is CC1(O[P+](=O)O)OP(=O)(O)C(C)(O[P+](=O)O)OP1(=O)O. The highest BCUT2D eigenvalue weighted by atomic mass is 31.2. The van der Waals surface area contributed by atoms with Crippen LogP contribution in [0.15, 0.2) is 0 Å². The van der Waals surface area contributed by atoms with Gasteiger partial charge in [-0.3, -0.25) is 18.2 Å². The minimum atomic E-state index is -5.11. The van der Waals surface area contributed by atoms with Crippen LogP contribution >= 0.6 is 31.7 Å². The standard InChI is InChI=1S/C4H8O12P4/c1-3(13-17(5)6)15-20(11,12)4(2,14-18(7)8)16-19(3,9)10/h1-2H3,(H2-2,5,6,7,8,9,10,11,12)/p+2. The Kier molecular flexibility index (Phi) is 5.07. The van der Waals surface area contributed by atoms with Gasteiger partial charge in [0.15, 0.2) is 0 Å². The number of hydrogen-bond donors (Lipinski definition) is 4. The maximum absolute atomic E-state index is 11.9. The third-order valence-corrected chi connectivity index (χ3v) is 7.30. The molecule has 116 valence electrons. The minimum absolute atomic E-state index is 0.610. The van der Waals surface area contributed by atoms with Crippen LogP contribution < -0.4 is 0 Å². The predicted molar refractivity (Wildman–Crippen MR) is 60.5 cm³/mol. The quantitative estimate of drug-likeness (QED) is 0.514. The Bertz CT molecular complexity index is 496. The first-order chi connectivity index (χ1) is 8.75. The molecule has 4 N–H and O–H groups in total. The molecule has 0 saturated carbocycles. The van der Waals surface area contributed by atoms with Gasteiger partial charge in [-0.25, -0.2) is 0 Å². The molecular formula is C4H10O12P4+2. The van der Waals surface area contributed by atoms with E-state index in [9.17, 15) is 28.0 Å². The third-order valence-electron chi connectivity index (χ3n) is 2.11. The molecule has 1 fully saturated rings. The Hall–Kier alpha value is 0.340. The smallest absolute Gasteiger partial charge is 0.320 e. The molecule has 1 rings (SSSR count). The average molecular weight is 374 g/mol. The molecule has 0 bridgehead atoms. The molecular weight excluding hydrogens is 364 g/mol. The summed E-state index contributed by atoms with van der Waals surface area (Å²) in [5.74, 6) is 0. The van der Waals surface area contributed by atoms with Gasteiger partial charge in [0.05, 0.1) is 0 Å². The largest absolute Gasteiger partial charge is 0.698 e. The molecule has 6 unspecified atom stereocenters. The lowest BCUT2D eigenvalue weighted by atomic mass is 10.8. The van der Waals surface area contributed by atoms with E-state index in [-0.39, 0.29) is 0 Å². The number of rotatable bonds is 4.